The number of amides is 1. The smallest absolute Gasteiger partial charge is 0.246 e. The van der Waals surface area contributed by atoms with Gasteiger partial charge in [0.15, 0.2) is 5.88 Å². The van der Waals surface area contributed by atoms with Gasteiger partial charge in [-0.1, -0.05) is 17.7 Å². The third-order valence-electron chi connectivity index (χ3n) is 4.52. The van der Waals surface area contributed by atoms with E-state index in [2.05, 4.69) is 44.7 Å². The average Bonchev–Trinajstić information content (AvgIpc) is 2.44. The molecule has 4 nitrogen and oxygen atoms in total. The molecule has 3 rings (SSSR count). The zero-order valence-electron chi connectivity index (χ0n) is 15.3. The monoisotopic (exact) mass is 328 g/mol. The molecule has 1 aromatic carbocycles. The van der Waals surface area contributed by atoms with Gasteiger partial charge in [0.05, 0.1) is 0 Å². The molecule has 1 amide bonds. The Hall–Kier alpha value is -1.97. The number of nitrogens with zero attached hydrogens (tertiary/aromatic N) is 2. The lowest BCUT2D eigenvalue weighted by atomic mass is 9.92. The maximum atomic E-state index is 12.7. The van der Waals surface area contributed by atoms with Crippen LogP contribution in [0.15, 0.2) is 35.7 Å². The van der Waals surface area contributed by atoms with Gasteiger partial charge in [0.1, 0.15) is 12.1 Å². The van der Waals surface area contributed by atoms with Crippen molar-refractivity contribution in [3.63, 3.8) is 0 Å². The van der Waals surface area contributed by atoms with Gasteiger partial charge >= 0.3 is 0 Å². The number of carbonyl (C=O) groups is 1. The second-order valence-corrected chi connectivity index (χ2v) is 7.78. The summed E-state index contributed by atoms with van der Waals surface area (Å²) in [6.07, 6.45) is 3.42. The summed E-state index contributed by atoms with van der Waals surface area (Å²) in [5.74, 6) is 1.09. The van der Waals surface area contributed by atoms with E-state index in [9.17, 15) is 4.79 Å². The summed E-state index contributed by atoms with van der Waals surface area (Å²) in [6.45, 7) is 10.2. The summed E-state index contributed by atoms with van der Waals surface area (Å²) < 4.78 is 6.22. The van der Waals surface area contributed by atoms with Crippen molar-refractivity contribution in [2.45, 2.75) is 52.6 Å². The van der Waals surface area contributed by atoms with Crippen LogP contribution in [0.1, 0.15) is 45.6 Å². The molecule has 1 aromatic rings. The van der Waals surface area contributed by atoms with Gasteiger partial charge in [-0.2, -0.15) is 0 Å². The highest BCUT2D eigenvalue weighted by Crippen LogP contribution is 2.33. The van der Waals surface area contributed by atoms with Crippen LogP contribution in [-0.4, -0.2) is 36.0 Å². The fraction of sp³-hybridized carbons (Fsp3) is 0.550. The average molecular weight is 328 g/mol. The topological polar surface area (TPSA) is 32.8 Å². The first-order valence-electron chi connectivity index (χ1n) is 8.86. The molecule has 0 spiro atoms. The van der Waals surface area contributed by atoms with Gasteiger partial charge in [-0.05, 0) is 64.7 Å². The number of aryl methyl sites for hydroxylation is 1. The zero-order chi connectivity index (χ0) is 17.3. The van der Waals surface area contributed by atoms with Gasteiger partial charge in [0.2, 0.25) is 5.91 Å². The van der Waals surface area contributed by atoms with Crippen LogP contribution in [-0.2, 0) is 9.53 Å². The lowest BCUT2D eigenvalue weighted by Crippen LogP contribution is -2.51. The molecule has 2 fully saturated rings. The molecule has 0 N–H and O–H groups in total. The van der Waals surface area contributed by atoms with E-state index in [0.29, 0.717) is 13.1 Å². The minimum absolute atomic E-state index is 0.139. The van der Waals surface area contributed by atoms with Crippen LogP contribution in [0.3, 0.4) is 0 Å². The Bertz CT molecular complexity index is 635. The first-order valence-corrected chi connectivity index (χ1v) is 8.86. The lowest BCUT2D eigenvalue weighted by molar-refractivity contribution is -0.122. The molecule has 2 aliphatic rings. The van der Waals surface area contributed by atoms with Crippen molar-refractivity contribution in [2.24, 2.45) is 0 Å². The largest absolute Gasteiger partial charge is 0.473 e. The maximum absolute atomic E-state index is 12.7. The standard InChI is InChI=1S/C20H28N2O2/c1-15-8-10-17(11-9-15)22-13-12-21(14-18(22)23)19(16-6-5-7-16)24-20(2,3)4/h8-11H,5-7,12-14H2,1-4H3. The van der Waals surface area contributed by atoms with Crippen LogP contribution < -0.4 is 4.90 Å². The van der Waals surface area contributed by atoms with E-state index in [0.717, 1.165) is 31.0 Å². The van der Waals surface area contributed by atoms with Crippen LogP contribution in [0.25, 0.3) is 0 Å². The van der Waals surface area contributed by atoms with Gasteiger partial charge in [-0.15, -0.1) is 0 Å². The second kappa shape index (κ2) is 6.50. The minimum atomic E-state index is -0.241. The molecular formula is C20H28N2O2. The van der Waals surface area contributed by atoms with Gasteiger partial charge in [0, 0.05) is 18.8 Å². The Morgan fingerprint density at radius 1 is 1.08 bits per heavy atom. The number of allylic oxidation sites excluding steroid dienone is 1. The molecular weight excluding hydrogens is 300 g/mol. The Kier molecular flexibility index (Phi) is 4.57. The van der Waals surface area contributed by atoms with E-state index in [1.54, 1.807) is 0 Å². The van der Waals surface area contributed by atoms with Crippen LogP contribution in [0.4, 0.5) is 5.69 Å². The summed E-state index contributed by atoms with van der Waals surface area (Å²) in [4.78, 5) is 16.7. The predicted octanol–water partition coefficient (Wildman–Crippen LogP) is 3.85. The Labute approximate surface area is 145 Å². The molecule has 0 bridgehead atoms. The van der Waals surface area contributed by atoms with E-state index < -0.39 is 0 Å². The fourth-order valence-electron chi connectivity index (χ4n) is 3.06. The maximum Gasteiger partial charge on any atom is 0.246 e. The number of ether oxygens (including phenoxy) is 1. The van der Waals surface area contributed by atoms with E-state index in [1.165, 1.54) is 17.6 Å². The summed E-state index contributed by atoms with van der Waals surface area (Å²) in [7, 11) is 0. The second-order valence-electron chi connectivity index (χ2n) is 7.78. The summed E-state index contributed by atoms with van der Waals surface area (Å²) in [5.41, 5.74) is 3.32. The van der Waals surface area contributed by atoms with Gasteiger partial charge in [-0.3, -0.25) is 4.79 Å². The normalized spacial score (nSPS) is 18.5. The first kappa shape index (κ1) is 16.9. The van der Waals surface area contributed by atoms with Gasteiger partial charge < -0.3 is 14.5 Å². The van der Waals surface area contributed by atoms with Crippen molar-refractivity contribution in [1.82, 2.24) is 4.90 Å². The van der Waals surface area contributed by atoms with Crippen LogP contribution >= 0.6 is 0 Å². The molecule has 24 heavy (non-hydrogen) atoms. The molecule has 0 unspecified atom stereocenters. The first-order chi connectivity index (χ1) is 11.3. The number of benzene rings is 1. The van der Waals surface area contributed by atoms with Crippen molar-refractivity contribution in [2.75, 3.05) is 24.5 Å². The van der Waals surface area contributed by atoms with E-state index in [1.807, 2.05) is 17.0 Å². The van der Waals surface area contributed by atoms with Gasteiger partial charge in [-0.25, -0.2) is 0 Å². The van der Waals surface area contributed by atoms with Crippen molar-refractivity contribution >= 4 is 11.6 Å². The third kappa shape index (κ3) is 3.74. The number of hydrogen-bond acceptors (Lipinski definition) is 3. The summed E-state index contributed by atoms with van der Waals surface area (Å²) >= 11 is 0. The van der Waals surface area contributed by atoms with Crippen molar-refractivity contribution in [3.05, 3.63) is 41.3 Å². The molecule has 130 valence electrons. The van der Waals surface area contributed by atoms with E-state index in [-0.39, 0.29) is 11.5 Å². The molecule has 1 saturated carbocycles. The Morgan fingerprint density at radius 2 is 1.75 bits per heavy atom. The number of piperazine rings is 1. The number of anilines is 1. The van der Waals surface area contributed by atoms with Crippen LogP contribution in [0.2, 0.25) is 0 Å². The molecule has 0 atom stereocenters. The van der Waals surface area contributed by atoms with Crippen LogP contribution in [0.5, 0.6) is 0 Å². The van der Waals surface area contributed by atoms with Crippen molar-refractivity contribution in [1.29, 1.82) is 0 Å². The zero-order valence-corrected chi connectivity index (χ0v) is 15.3. The quantitative estimate of drug-likeness (QED) is 0.790. The van der Waals surface area contributed by atoms with Crippen molar-refractivity contribution < 1.29 is 9.53 Å². The fourth-order valence-corrected chi connectivity index (χ4v) is 3.06. The SMILES string of the molecule is Cc1ccc(N2CCN(C(OC(C)(C)C)=C3CCC3)CC2=O)cc1. The predicted molar refractivity (Wildman–Crippen MR) is 96.8 cm³/mol. The number of hydrogen-bond donors (Lipinski definition) is 0. The highest BCUT2D eigenvalue weighted by molar-refractivity contribution is 5.95. The summed E-state index contributed by atoms with van der Waals surface area (Å²) in [6, 6.07) is 8.17. The minimum Gasteiger partial charge on any atom is -0.473 e. The van der Waals surface area contributed by atoms with E-state index >= 15 is 0 Å². The molecule has 0 aromatic heterocycles. The molecule has 0 radical (unpaired) electrons. The number of rotatable bonds is 3. The molecule has 4 heteroatoms. The molecule has 1 aliphatic carbocycles. The Balaban J connectivity index is 1.74. The summed E-state index contributed by atoms with van der Waals surface area (Å²) in [5, 5.41) is 0. The molecule has 1 heterocycles. The highest BCUT2D eigenvalue weighted by atomic mass is 16.5. The Morgan fingerprint density at radius 3 is 2.25 bits per heavy atom. The molecule has 1 saturated heterocycles. The van der Waals surface area contributed by atoms with Crippen LogP contribution in [0, 0.1) is 6.92 Å². The van der Waals surface area contributed by atoms with E-state index in [4.69, 9.17) is 4.74 Å². The van der Waals surface area contributed by atoms with Crippen molar-refractivity contribution in [3.8, 4) is 0 Å². The van der Waals surface area contributed by atoms with Gasteiger partial charge in [0.25, 0.3) is 0 Å². The third-order valence-corrected chi connectivity index (χ3v) is 4.52. The highest BCUT2D eigenvalue weighted by Gasteiger charge is 2.31. The number of carbonyl (C=O) groups excluding carboxylic acids is 1. The lowest BCUT2D eigenvalue weighted by Gasteiger charge is -2.40. The molecule has 1 aliphatic heterocycles.